The molecule has 5 nitrogen and oxygen atoms in total. The quantitative estimate of drug-likeness (QED) is 0.495. The first-order valence-electron chi connectivity index (χ1n) is 4.17. The maximum absolute atomic E-state index is 12.0. The van der Waals surface area contributed by atoms with Gasteiger partial charge in [-0.15, -0.1) is 0 Å². The fourth-order valence-electron chi connectivity index (χ4n) is 1.11. The van der Waals surface area contributed by atoms with Crippen LogP contribution in [0.25, 0.3) is 0 Å². The van der Waals surface area contributed by atoms with Crippen LogP contribution in [0.1, 0.15) is 18.9 Å². The molecule has 92 valence electrons. The first-order chi connectivity index (χ1) is 7.15. The molecule has 1 heterocycles. The zero-order chi connectivity index (χ0) is 12.6. The number of aromatic amines is 1. The van der Waals surface area contributed by atoms with Crippen LogP contribution in [0.15, 0.2) is 12.4 Å². The minimum Gasteiger partial charge on any atom is -0.247 e. The molecule has 0 saturated heterocycles. The van der Waals surface area contributed by atoms with Crippen LogP contribution in [0.3, 0.4) is 0 Å². The van der Waals surface area contributed by atoms with Gasteiger partial charge in [0.25, 0.3) is 5.82 Å². The van der Waals surface area contributed by atoms with Crippen LogP contribution in [0.2, 0.25) is 0 Å². The molecule has 1 rings (SSSR count). The third-order valence-corrected chi connectivity index (χ3v) is 2.96. The number of imidazole rings is 1. The molecule has 0 aromatic carbocycles. The molecule has 0 aliphatic rings. The predicted molar refractivity (Wildman–Crippen MR) is 46.4 cm³/mol. The van der Waals surface area contributed by atoms with E-state index in [-0.39, 0.29) is 5.82 Å². The van der Waals surface area contributed by atoms with Gasteiger partial charge in [0, 0.05) is 0 Å². The molecule has 0 radical (unpaired) electrons. The molecule has 1 aromatic heterocycles. The van der Waals surface area contributed by atoms with Crippen molar-refractivity contribution in [2.24, 2.45) is 7.05 Å². The summed E-state index contributed by atoms with van der Waals surface area (Å²) in [4.78, 5) is 2.59. The Hall–Kier alpha value is -1.09. The molecule has 0 spiro atoms. The highest BCUT2D eigenvalue weighted by Crippen LogP contribution is 2.28. The minimum atomic E-state index is -5.57. The Kier molecular flexibility index (Phi) is 3.29. The van der Waals surface area contributed by atoms with Crippen LogP contribution in [0.5, 0.6) is 0 Å². The van der Waals surface area contributed by atoms with E-state index in [0.29, 0.717) is 0 Å². The van der Waals surface area contributed by atoms with Crippen molar-refractivity contribution in [1.82, 2.24) is 4.98 Å². The summed E-state index contributed by atoms with van der Waals surface area (Å²) < 4.78 is 62.9. The summed E-state index contributed by atoms with van der Waals surface area (Å²) in [5, 5.41) is 0. The van der Waals surface area contributed by atoms with Crippen molar-refractivity contribution in [2.75, 3.05) is 0 Å². The monoisotopic (exact) mass is 259 g/mol. The second-order valence-electron chi connectivity index (χ2n) is 3.09. The molecule has 1 unspecified atom stereocenters. The Labute approximate surface area is 90.0 Å². The van der Waals surface area contributed by atoms with E-state index >= 15 is 0 Å². The first-order valence-corrected chi connectivity index (χ1v) is 5.58. The average molecular weight is 259 g/mol. The van der Waals surface area contributed by atoms with Crippen LogP contribution in [-0.2, 0) is 21.3 Å². The number of hydrogen-bond acceptors (Lipinski definition) is 3. The van der Waals surface area contributed by atoms with E-state index in [1.54, 1.807) is 7.05 Å². The van der Waals surface area contributed by atoms with E-state index in [2.05, 4.69) is 9.17 Å². The van der Waals surface area contributed by atoms with Gasteiger partial charge >= 0.3 is 15.6 Å². The smallest absolute Gasteiger partial charge is 0.247 e. The summed E-state index contributed by atoms with van der Waals surface area (Å²) in [5.41, 5.74) is -5.41. The Morgan fingerprint density at radius 3 is 2.44 bits per heavy atom. The van der Waals surface area contributed by atoms with Crippen LogP contribution >= 0.6 is 0 Å². The van der Waals surface area contributed by atoms with Gasteiger partial charge in [-0.3, -0.25) is 0 Å². The number of nitrogens with zero attached hydrogens (tertiary/aromatic N) is 1. The zero-order valence-corrected chi connectivity index (χ0v) is 9.26. The van der Waals surface area contributed by atoms with Crippen molar-refractivity contribution in [2.45, 2.75) is 18.5 Å². The SMILES string of the molecule is CC(OS(=O)(=O)C(F)(F)F)c1[nH]cc[n+]1C. The lowest BCUT2D eigenvalue weighted by Gasteiger charge is -2.11. The zero-order valence-electron chi connectivity index (χ0n) is 8.45. The van der Waals surface area contributed by atoms with Gasteiger partial charge in [-0.2, -0.15) is 21.6 Å². The van der Waals surface area contributed by atoms with Crippen LogP contribution < -0.4 is 4.57 Å². The Morgan fingerprint density at radius 2 is 2.06 bits per heavy atom. The standard InChI is InChI=1S/C7H9F3N2O3S/c1-5(6-11-3-4-12(6)2)15-16(13,14)7(8,9)10/h3-5H,1-2H3/p+1. The lowest BCUT2D eigenvalue weighted by Crippen LogP contribution is -2.34. The summed E-state index contributed by atoms with van der Waals surface area (Å²) in [6, 6.07) is 0. The fraction of sp³-hybridized carbons (Fsp3) is 0.571. The molecular weight excluding hydrogens is 249 g/mol. The van der Waals surface area contributed by atoms with Gasteiger partial charge in [0.2, 0.25) is 0 Å². The van der Waals surface area contributed by atoms with Crippen molar-refractivity contribution in [3.05, 3.63) is 18.2 Å². The minimum absolute atomic E-state index is 0.216. The van der Waals surface area contributed by atoms with E-state index in [0.717, 1.165) is 0 Å². The van der Waals surface area contributed by atoms with E-state index in [9.17, 15) is 21.6 Å². The summed E-state index contributed by atoms with van der Waals surface area (Å²) in [7, 11) is -4.03. The van der Waals surface area contributed by atoms with Crippen molar-refractivity contribution in [1.29, 1.82) is 0 Å². The third-order valence-electron chi connectivity index (χ3n) is 1.85. The van der Waals surface area contributed by atoms with Gasteiger partial charge in [0.05, 0.1) is 7.05 Å². The average Bonchev–Trinajstić information content (AvgIpc) is 2.48. The molecule has 0 amide bonds. The van der Waals surface area contributed by atoms with Gasteiger partial charge in [-0.05, 0) is 6.92 Å². The summed E-state index contributed by atoms with van der Waals surface area (Å²) in [6.07, 6.45) is 1.73. The molecule has 16 heavy (non-hydrogen) atoms. The topological polar surface area (TPSA) is 63.0 Å². The number of alkyl halides is 3. The highest BCUT2D eigenvalue weighted by Gasteiger charge is 2.49. The van der Waals surface area contributed by atoms with Crippen LogP contribution in [0.4, 0.5) is 13.2 Å². The van der Waals surface area contributed by atoms with E-state index in [1.807, 2.05) is 0 Å². The van der Waals surface area contributed by atoms with Crippen molar-refractivity contribution >= 4 is 10.1 Å². The molecule has 1 atom stereocenters. The largest absolute Gasteiger partial charge is 0.523 e. The van der Waals surface area contributed by atoms with Crippen molar-refractivity contribution < 1.29 is 30.3 Å². The maximum Gasteiger partial charge on any atom is 0.523 e. The Morgan fingerprint density at radius 1 is 1.50 bits per heavy atom. The van der Waals surface area contributed by atoms with E-state index < -0.39 is 21.7 Å². The van der Waals surface area contributed by atoms with Gasteiger partial charge in [-0.1, -0.05) is 0 Å². The lowest BCUT2D eigenvalue weighted by molar-refractivity contribution is -0.681. The molecule has 0 fully saturated rings. The summed E-state index contributed by atoms with van der Waals surface area (Å²) in [5.74, 6) is 0.216. The molecular formula is C7H10F3N2O3S+. The second-order valence-corrected chi connectivity index (χ2v) is 4.66. The van der Waals surface area contributed by atoms with Crippen LogP contribution in [0, 0.1) is 0 Å². The first kappa shape index (κ1) is 13.0. The van der Waals surface area contributed by atoms with Crippen molar-refractivity contribution in [3.8, 4) is 0 Å². The predicted octanol–water partition coefficient (Wildman–Crippen LogP) is 0.766. The lowest BCUT2D eigenvalue weighted by atomic mass is 10.4. The number of aromatic nitrogens is 2. The molecule has 0 bridgehead atoms. The highest BCUT2D eigenvalue weighted by atomic mass is 32.2. The molecule has 9 heteroatoms. The molecule has 0 aliphatic carbocycles. The fourth-order valence-corrected chi connectivity index (χ4v) is 1.69. The highest BCUT2D eigenvalue weighted by molar-refractivity contribution is 7.87. The number of H-pyrrole nitrogens is 1. The third kappa shape index (κ3) is 2.53. The van der Waals surface area contributed by atoms with Crippen LogP contribution in [-0.4, -0.2) is 18.9 Å². The van der Waals surface area contributed by atoms with Gasteiger partial charge in [-0.25, -0.2) is 13.7 Å². The normalized spacial score (nSPS) is 15.1. The van der Waals surface area contributed by atoms with Gasteiger partial charge < -0.3 is 0 Å². The summed E-state index contributed by atoms with van der Waals surface area (Å²) in [6.45, 7) is 1.20. The second kappa shape index (κ2) is 4.06. The van der Waals surface area contributed by atoms with E-state index in [4.69, 9.17) is 0 Å². The number of halogens is 3. The number of aryl methyl sites for hydroxylation is 1. The van der Waals surface area contributed by atoms with Gasteiger partial charge in [0.1, 0.15) is 12.4 Å². The van der Waals surface area contributed by atoms with E-state index in [1.165, 1.54) is 23.9 Å². The number of rotatable bonds is 3. The van der Waals surface area contributed by atoms with Crippen molar-refractivity contribution in [3.63, 3.8) is 0 Å². The molecule has 1 aromatic rings. The van der Waals surface area contributed by atoms with Gasteiger partial charge in [0.15, 0.2) is 6.10 Å². The Balaban J connectivity index is 2.89. The maximum atomic E-state index is 12.0. The number of hydrogen-bond donors (Lipinski definition) is 1. The number of nitrogens with one attached hydrogen (secondary N) is 1. The molecule has 0 aliphatic heterocycles. The molecule has 1 N–H and O–H groups in total. The Bertz CT molecular complexity index is 465. The summed E-state index contributed by atoms with van der Waals surface area (Å²) >= 11 is 0. The molecule has 0 saturated carbocycles.